The molecule has 0 bridgehead atoms. The molecule has 50 heavy (non-hydrogen) atoms. The maximum atomic E-state index is 12.5. The molecule has 0 aliphatic rings. The Bertz CT molecular complexity index is 842. The molecule has 0 heterocycles. The van der Waals surface area contributed by atoms with Crippen LogP contribution in [0.4, 0.5) is 0 Å². The lowest BCUT2D eigenvalue weighted by atomic mass is 10.1. The average molecular weight is 701 g/mol. The summed E-state index contributed by atoms with van der Waals surface area (Å²) in [7, 11) is 0. The number of esters is 2. The first-order chi connectivity index (χ1) is 24.6. The molecule has 0 saturated carbocycles. The van der Waals surface area contributed by atoms with E-state index in [4.69, 9.17) is 14.2 Å². The minimum atomic E-state index is -0.532. The molecule has 5 nitrogen and oxygen atoms in total. The number of carbonyl (C=O) groups excluding carboxylic acids is 2. The summed E-state index contributed by atoms with van der Waals surface area (Å²) in [5, 5.41) is 0. The molecule has 0 amide bonds. The van der Waals surface area contributed by atoms with Gasteiger partial charge in [-0.15, -0.1) is 0 Å². The van der Waals surface area contributed by atoms with Crippen LogP contribution in [0.1, 0.15) is 201 Å². The number of allylic oxidation sites excluding steroid dienone is 8. The largest absolute Gasteiger partial charge is 0.462 e. The lowest BCUT2D eigenvalue weighted by molar-refractivity contribution is -0.163. The molecule has 0 aliphatic heterocycles. The normalized spacial score (nSPS) is 12.6. The van der Waals surface area contributed by atoms with Gasteiger partial charge in [-0.05, 0) is 57.8 Å². The molecule has 290 valence electrons. The van der Waals surface area contributed by atoms with E-state index in [0.29, 0.717) is 19.4 Å². The Morgan fingerprint density at radius 3 is 1.44 bits per heavy atom. The minimum Gasteiger partial charge on any atom is -0.462 e. The Morgan fingerprint density at radius 2 is 0.900 bits per heavy atom. The van der Waals surface area contributed by atoms with Gasteiger partial charge in [0.1, 0.15) is 6.61 Å². The summed E-state index contributed by atoms with van der Waals surface area (Å²) >= 11 is 0. The predicted octanol–water partition coefficient (Wildman–Crippen LogP) is 13.7. The van der Waals surface area contributed by atoms with Gasteiger partial charge in [-0.2, -0.15) is 0 Å². The van der Waals surface area contributed by atoms with Gasteiger partial charge in [0, 0.05) is 19.4 Å². The van der Waals surface area contributed by atoms with Crippen LogP contribution in [0.3, 0.4) is 0 Å². The van der Waals surface area contributed by atoms with E-state index >= 15 is 0 Å². The Balaban J connectivity index is 4.06. The van der Waals surface area contributed by atoms with E-state index < -0.39 is 6.10 Å². The first-order valence-electron chi connectivity index (χ1n) is 21.2. The summed E-state index contributed by atoms with van der Waals surface area (Å²) in [6.07, 6.45) is 48.4. The molecule has 0 aromatic rings. The molecule has 0 N–H and O–H groups in total. The average Bonchev–Trinajstić information content (AvgIpc) is 3.11. The molecule has 0 rings (SSSR count). The van der Waals surface area contributed by atoms with Crippen molar-refractivity contribution >= 4 is 11.9 Å². The second-order valence-corrected chi connectivity index (χ2v) is 13.9. The monoisotopic (exact) mass is 701 g/mol. The molecule has 1 unspecified atom stereocenters. The van der Waals surface area contributed by atoms with Gasteiger partial charge in [0.05, 0.1) is 6.61 Å². The van der Waals surface area contributed by atoms with E-state index in [0.717, 1.165) is 83.5 Å². The maximum Gasteiger partial charge on any atom is 0.306 e. The van der Waals surface area contributed by atoms with Gasteiger partial charge in [-0.25, -0.2) is 0 Å². The van der Waals surface area contributed by atoms with E-state index in [-0.39, 0.29) is 25.2 Å². The molecule has 0 fully saturated rings. The molecule has 0 radical (unpaired) electrons. The van der Waals surface area contributed by atoms with E-state index in [1.54, 1.807) is 0 Å². The van der Waals surface area contributed by atoms with Crippen LogP contribution < -0.4 is 0 Å². The number of rotatable bonds is 38. The van der Waals surface area contributed by atoms with Crippen molar-refractivity contribution in [2.24, 2.45) is 0 Å². The van der Waals surface area contributed by atoms with Crippen LogP contribution >= 0.6 is 0 Å². The van der Waals surface area contributed by atoms with Crippen molar-refractivity contribution in [1.82, 2.24) is 0 Å². The smallest absolute Gasteiger partial charge is 0.306 e. The molecule has 0 saturated heterocycles. The SMILES string of the molecule is CC/C=C\C/C=C\C/C=C\C/C=C\CCCCCCCCC(=O)OCC(COCCCCCCCCCCCC)OC(=O)CCCCCCC. The first-order valence-corrected chi connectivity index (χ1v) is 21.2. The number of hydrogen-bond acceptors (Lipinski definition) is 5. The summed E-state index contributed by atoms with van der Waals surface area (Å²) in [6, 6.07) is 0. The minimum absolute atomic E-state index is 0.0791. The Morgan fingerprint density at radius 1 is 0.460 bits per heavy atom. The maximum absolute atomic E-state index is 12.5. The number of unbranched alkanes of at least 4 members (excludes halogenated alkanes) is 19. The third kappa shape index (κ3) is 38.7. The first kappa shape index (κ1) is 47.9. The van der Waals surface area contributed by atoms with Crippen molar-refractivity contribution in [3.63, 3.8) is 0 Å². The zero-order valence-corrected chi connectivity index (χ0v) is 33.2. The second kappa shape index (κ2) is 41.3. The van der Waals surface area contributed by atoms with Gasteiger partial charge in [-0.3, -0.25) is 9.59 Å². The highest BCUT2D eigenvalue weighted by atomic mass is 16.6. The zero-order chi connectivity index (χ0) is 36.4. The Hall–Kier alpha value is -2.14. The van der Waals surface area contributed by atoms with Gasteiger partial charge in [-0.1, -0.05) is 179 Å². The van der Waals surface area contributed by atoms with E-state index in [9.17, 15) is 9.59 Å². The quantitative estimate of drug-likeness (QED) is 0.0364. The lowest BCUT2D eigenvalue weighted by Gasteiger charge is -2.18. The highest BCUT2D eigenvalue weighted by molar-refractivity contribution is 5.70. The summed E-state index contributed by atoms with van der Waals surface area (Å²) in [5.41, 5.74) is 0. The van der Waals surface area contributed by atoms with Crippen LogP contribution in [0.15, 0.2) is 48.6 Å². The van der Waals surface area contributed by atoms with Gasteiger partial charge < -0.3 is 14.2 Å². The molecule has 5 heteroatoms. The lowest BCUT2D eigenvalue weighted by Crippen LogP contribution is -2.30. The van der Waals surface area contributed by atoms with Crippen LogP contribution in [0.5, 0.6) is 0 Å². The van der Waals surface area contributed by atoms with Gasteiger partial charge in [0.15, 0.2) is 6.10 Å². The number of carbonyl (C=O) groups is 2. The van der Waals surface area contributed by atoms with Crippen molar-refractivity contribution in [2.75, 3.05) is 19.8 Å². The fraction of sp³-hybridized carbons (Fsp3) is 0.778. The summed E-state index contributed by atoms with van der Waals surface area (Å²) < 4.78 is 17.1. The Labute approximate surface area is 310 Å². The van der Waals surface area contributed by atoms with Crippen molar-refractivity contribution < 1.29 is 23.8 Å². The molecule has 0 aliphatic carbocycles. The van der Waals surface area contributed by atoms with Crippen LogP contribution in [-0.2, 0) is 23.8 Å². The van der Waals surface area contributed by atoms with E-state index in [2.05, 4.69) is 69.4 Å². The van der Waals surface area contributed by atoms with Crippen LogP contribution in [0.2, 0.25) is 0 Å². The van der Waals surface area contributed by atoms with Gasteiger partial charge in [0.2, 0.25) is 0 Å². The van der Waals surface area contributed by atoms with Crippen LogP contribution in [0, 0.1) is 0 Å². The molecular weight excluding hydrogens is 620 g/mol. The van der Waals surface area contributed by atoms with Crippen molar-refractivity contribution in [2.45, 2.75) is 207 Å². The number of ether oxygens (including phenoxy) is 3. The fourth-order valence-electron chi connectivity index (χ4n) is 5.73. The predicted molar refractivity (Wildman–Crippen MR) is 215 cm³/mol. The number of hydrogen-bond donors (Lipinski definition) is 0. The standard InChI is InChI=1S/C45H80O5/c1-4-7-10-13-15-17-19-20-21-22-23-24-25-26-27-28-30-33-35-38-44(46)49-42-43(50-45(47)39-36-32-12-9-6-3)41-48-40-37-34-31-29-18-16-14-11-8-5-2/h7,10,15,17,20-21,23-24,43H,4-6,8-9,11-14,16,18-19,22,25-42H2,1-3H3/b10-7-,17-15-,21-20-,24-23-. The molecule has 0 aromatic carbocycles. The van der Waals surface area contributed by atoms with Crippen molar-refractivity contribution in [3.05, 3.63) is 48.6 Å². The molecule has 1 atom stereocenters. The summed E-state index contributed by atoms with van der Waals surface area (Å²) in [4.78, 5) is 24.9. The zero-order valence-electron chi connectivity index (χ0n) is 33.2. The van der Waals surface area contributed by atoms with E-state index in [1.807, 2.05) is 0 Å². The summed E-state index contributed by atoms with van der Waals surface area (Å²) in [5.74, 6) is -0.424. The third-order valence-electron chi connectivity index (χ3n) is 8.88. The third-order valence-corrected chi connectivity index (χ3v) is 8.88. The van der Waals surface area contributed by atoms with Crippen LogP contribution in [-0.4, -0.2) is 37.9 Å². The highest BCUT2D eigenvalue weighted by Crippen LogP contribution is 2.13. The fourth-order valence-corrected chi connectivity index (χ4v) is 5.73. The summed E-state index contributed by atoms with van der Waals surface area (Å²) in [6.45, 7) is 7.62. The Kier molecular flexibility index (Phi) is 39.5. The van der Waals surface area contributed by atoms with Gasteiger partial charge >= 0.3 is 11.9 Å². The highest BCUT2D eigenvalue weighted by Gasteiger charge is 2.17. The molecular formula is C45H80O5. The van der Waals surface area contributed by atoms with E-state index in [1.165, 1.54) is 83.5 Å². The molecule has 0 aromatic heterocycles. The van der Waals surface area contributed by atoms with Crippen molar-refractivity contribution in [1.29, 1.82) is 0 Å². The van der Waals surface area contributed by atoms with Crippen molar-refractivity contribution in [3.8, 4) is 0 Å². The second-order valence-electron chi connectivity index (χ2n) is 13.9. The van der Waals surface area contributed by atoms with Gasteiger partial charge in [0.25, 0.3) is 0 Å². The topological polar surface area (TPSA) is 61.8 Å². The molecule has 0 spiro atoms. The van der Waals surface area contributed by atoms with Crippen LogP contribution in [0.25, 0.3) is 0 Å².